The van der Waals surface area contributed by atoms with E-state index in [-0.39, 0.29) is 68.6 Å². The van der Waals surface area contributed by atoms with Crippen molar-refractivity contribution in [2.24, 2.45) is 46.8 Å². The standard InChI is InChI=1S/C60H103N15O18/c1-14-32(10)42(55(89)73-43(33(11)77)54(88)66-26-41(79)71-45(47(81)48(62)82)57(91)75(13)60(12,27-76)58(92)93)72-50(84)37(19-16-20-65-59(63)64)67-51(85)39(23-30(6)7)70-56(90)44(46(80)31(8)9)74-53(87)40(25-34-17-15-18-35(78)24-34)69-52(86)38(22-29(4)5)68-49(83)36(61)21-28(2)3/h15,17-18,24,28-33,36-40,42-47,76-78,80-81H,14,16,19-23,25-27,61H2,1-13H3,(H2,62,82)(H,66,88)(H,67,85)(H,68,83)(H,69,86)(H,70,90)(H,71,79)(H,72,84)(H,73,89)(H,74,87)(H,92,93)(H4,63,64,65)/t32-,33-,36+,37+,38-,39-,40-,42-,43-,44-,45-,46?,47?,60-/m0/s1. The van der Waals surface area contributed by atoms with Gasteiger partial charge in [-0.15, -0.1) is 0 Å². The molecule has 1 rings (SSSR count). The van der Waals surface area contributed by atoms with Crippen molar-refractivity contribution < 1.29 is 88.2 Å². The molecule has 0 radical (unpaired) electrons. The maximum absolute atomic E-state index is 14.6. The number of carboxylic acid groups (broad SMARTS) is 1. The van der Waals surface area contributed by atoms with Crippen molar-refractivity contribution in [2.75, 3.05) is 26.7 Å². The van der Waals surface area contributed by atoms with Crippen LogP contribution in [0.15, 0.2) is 24.3 Å². The molecule has 33 heteroatoms. The Balaban J connectivity index is 3.69. The summed E-state index contributed by atoms with van der Waals surface area (Å²) in [5.41, 5.74) is 14.9. The fourth-order valence-electron chi connectivity index (χ4n) is 9.29. The van der Waals surface area contributed by atoms with Gasteiger partial charge in [-0.05, 0) is 93.2 Å². The minimum absolute atomic E-state index is 0.00801. The summed E-state index contributed by atoms with van der Waals surface area (Å²) in [6.07, 6.45) is -5.64. The highest BCUT2D eigenvalue weighted by Gasteiger charge is 2.45. The lowest BCUT2D eigenvalue weighted by Crippen LogP contribution is -2.64. The van der Waals surface area contributed by atoms with Crippen LogP contribution in [-0.2, 0) is 64.0 Å². The van der Waals surface area contributed by atoms with E-state index in [0.717, 1.165) is 20.9 Å². The SMILES string of the molecule is CC[C@H](C)[C@H](NC(=O)[C@@H](CCCNC(=N)N)NC(=O)[C@H](CC(C)C)NC(=O)[C@@H](NC(=O)[C@H](Cc1cccc(O)c1)NC(=O)[C@H](CC(C)C)NC(=O)[C@H](N)CC(C)C)C(O)C(C)C)C(=O)N[C@H](C(=O)NCC(=O)N[C@H](C(=O)N(C)[C@@](C)(CO)C(=O)O)C(O)C(N)=O)[C@H](C)O. The van der Waals surface area contributed by atoms with E-state index in [1.807, 2.05) is 33.0 Å². The molecule has 23 N–H and O–H groups in total. The third kappa shape index (κ3) is 27.5. The maximum atomic E-state index is 14.6. The second-order valence-electron chi connectivity index (χ2n) is 25.2. The van der Waals surface area contributed by atoms with Crippen molar-refractivity contribution in [3.8, 4) is 5.75 Å². The number of benzene rings is 1. The minimum Gasteiger partial charge on any atom is -0.508 e. The van der Waals surface area contributed by atoms with Gasteiger partial charge in [0.05, 0.1) is 31.4 Å². The Morgan fingerprint density at radius 2 is 1.10 bits per heavy atom. The molecule has 0 aliphatic rings. The largest absolute Gasteiger partial charge is 0.508 e. The lowest BCUT2D eigenvalue weighted by Gasteiger charge is -2.36. The molecule has 0 bridgehead atoms. The third-order valence-corrected chi connectivity index (χ3v) is 15.3. The number of aliphatic hydroxyl groups excluding tert-OH is 4. The zero-order valence-electron chi connectivity index (χ0n) is 55.5. The summed E-state index contributed by atoms with van der Waals surface area (Å²) in [4.78, 5) is 164. The summed E-state index contributed by atoms with van der Waals surface area (Å²) in [5, 5.41) is 94.9. The summed E-state index contributed by atoms with van der Waals surface area (Å²) in [7, 11) is 0.902. The molecule has 526 valence electrons. The number of aliphatic hydroxyl groups is 4. The number of hydrogen-bond acceptors (Lipinski definition) is 19. The van der Waals surface area contributed by atoms with Crippen molar-refractivity contribution in [3.05, 3.63) is 29.8 Å². The first-order chi connectivity index (χ1) is 43.1. The van der Waals surface area contributed by atoms with E-state index in [4.69, 9.17) is 22.6 Å². The monoisotopic (exact) mass is 1320 g/mol. The molecule has 14 atom stereocenters. The normalized spacial score (nSPS) is 16.3. The molecule has 11 amide bonds. The number of phenols is 1. The summed E-state index contributed by atoms with van der Waals surface area (Å²) < 4.78 is 0. The summed E-state index contributed by atoms with van der Waals surface area (Å²) in [5.74, 6) is -16.0. The van der Waals surface area contributed by atoms with Crippen molar-refractivity contribution in [2.45, 2.75) is 206 Å². The highest BCUT2D eigenvalue weighted by molar-refractivity contribution is 6.00. The lowest BCUT2D eigenvalue weighted by molar-refractivity contribution is -0.162. The second-order valence-corrected chi connectivity index (χ2v) is 25.2. The van der Waals surface area contributed by atoms with Gasteiger partial charge >= 0.3 is 5.97 Å². The molecule has 0 heterocycles. The van der Waals surface area contributed by atoms with Gasteiger partial charge in [-0.3, -0.25) is 58.1 Å². The van der Waals surface area contributed by atoms with Crippen LogP contribution in [0.25, 0.3) is 0 Å². The van der Waals surface area contributed by atoms with E-state index in [0.29, 0.717) is 16.9 Å². The second kappa shape index (κ2) is 39.3. The summed E-state index contributed by atoms with van der Waals surface area (Å²) in [6, 6.07) is -8.28. The van der Waals surface area contributed by atoms with Gasteiger partial charge in [0.25, 0.3) is 0 Å². The number of nitrogens with one attached hydrogen (secondary N) is 11. The number of likely N-dealkylation sites (N-methyl/N-ethyl adjacent to an activating group) is 1. The van der Waals surface area contributed by atoms with E-state index < -0.39 is 180 Å². The van der Waals surface area contributed by atoms with Crippen LogP contribution in [0.4, 0.5) is 0 Å². The molecule has 0 spiro atoms. The summed E-state index contributed by atoms with van der Waals surface area (Å²) >= 11 is 0. The summed E-state index contributed by atoms with van der Waals surface area (Å²) in [6.45, 7) is 17.0. The number of hydrogen-bond donors (Lipinski definition) is 20. The van der Waals surface area contributed by atoms with E-state index in [9.17, 15) is 88.2 Å². The smallest absolute Gasteiger partial charge is 0.331 e. The number of guanidine groups is 1. The van der Waals surface area contributed by atoms with E-state index in [2.05, 4.69) is 47.9 Å². The van der Waals surface area contributed by atoms with Gasteiger partial charge in [-0.2, -0.15) is 0 Å². The molecule has 0 saturated heterocycles. The highest BCUT2D eigenvalue weighted by Crippen LogP contribution is 2.19. The first-order valence-corrected chi connectivity index (χ1v) is 30.9. The zero-order valence-corrected chi connectivity index (χ0v) is 55.5. The Labute approximate surface area is 542 Å². The number of carbonyl (C=O) groups is 12. The van der Waals surface area contributed by atoms with Crippen LogP contribution in [0.2, 0.25) is 0 Å². The van der Waals surface area contributed by atoms with Gasteiger partial charge < -0.3 is 106 Å². The van der Waals surface area contributed by atoms with Gasteiger partial charge in [0.1, 0.15) is 54.1 Å². The number of aliphatic carboxylic acids is 1. The van der Waals surface area contributed by atoms with Gasteiger partial charge in [0.15, 0.2) is 17.6 Å². The van der Waals surface area contributed by atoms with Crippen molar-refractivity contribution >= 4 is 76.9 Å². The van der Waals surface area contributed by atoms with Crippen molar-refractivity contribution in [1.29, 1.82) is 5.41 Å². The number of aromatic hydroxyl groups is 1. The Hall–Kier alpha value is -8.27. The number of nitrogens with two attached hydrogens (primary N) is 3. The number of rotatable bonds is 41. The Bertz CT molecular complexity index is 2730. The molecular weight excluding hydrogens is 1220 g/mol. The van der Waals surface area contributed by atoms with Crippen LogP contribution in [0.3, 0.4) is 0 Å². The molecule has 1 aromatic rings. The van der Waals surface area contributed by atoms with E-state index >= 15 is 0 Å². The molecule has 33 nitrogen and oxygen atoms in total. The average molecular weight is 1320 g/mol. The van der Waals surface area contributed by atoms with Gasteiger partial charge in [-0.1, -0.05) is 87.8 Å². The number of primary amides is 1. The van der Waals surface area contributed by atoms with Gasteiger partial charge in [-0.25, -0.2) is 4.79 Å². The highest BCUT2D eigenvalue weighted by atomic mass is 16.4. The quantitative estimate of drug-likeness (QED) is 0.0166. The van der Waals surface area contributed by atoms with Crippen molar-refractivity contribution in [3.63, 3.8) is 0 Å². The van der Waals surface area contributed by atoms with Crippen LogP contribution in [-0.4, -0.2) is 217 Å². The van der Waals surface area contributed by atoms with Crippen molar-refractivity contribution in [1.82, 2.24) is 58.1 Å². The zero-order chi connectivity index (χ0) is 71.5. The molecule has 0 fully saturated rings. The third-order valence-electron chi connectivity index (χ3n) is 15.3. The Kier molecular flexibility index (Phi) is 35.0. The molecule has 93 heavy (non-hydrogen) atoms. The fraction of sp³-hybridized carbons (Fsp3) is 0.683. The number of nitrogens with zero attached hydrogens (tertiary/aromatic N) is 1. The van der Waals surface area contributed by atoms with Gasteiger partial charge in [0, 0.05) is 20.0 Å². The first-order valence-electron chi connectivity index (χ1n) is 30.9. The van der Waals surface area contributed by atoms with Crippen LogP contribution in [0, 0.1) is 35.0 Å². The predicted octanol–water partition coefficient (Wildman–Crippen LogP) is -4.76. The van der Waals surface area contributed by atoms with Crippen LogP contribution in [0.1, 0.15) is 127 Å². The molecule has 1 aromatic carbocycles. The molecule has 0 saturated carbocycles. The molecule has 0 aliphatic heterocycles. The Morgan fingerprint density at radius 1 is 0.613 bits per heavy atom. The fourth-order valence-corrected chi connectivity index (χ4v) is 9.29. The van der Waals surface area contributed by atoms with Gasteiger partial charge in [0.2, 0.25) is 65.0 Å². The van der Waals surface area contributed by atoms with Crippen LogP contribution < -0.4 is 70.4 Å². The van der Waals surface area contributed by atoms with E-state index in [1.165, 1.54) is 18.2 Å². The first kappa shape index (κ1) is 82.7. The van der Waals surface area contributed by atoms with E-state index in [1.54, 1.807) is 47.6 Å². The van der Waals surface area contributed by atoms with Crippen LogP contribution in [0.5, 0.6) is 5.75 Å². The maximum Gasteiger partial charge on any atom is 0.331 e. The number of amides is 11. The molecule has 0 aromatic heterocycles. The predicted molar refractivity (Wildman–Crippen MR) is 339 cm³/mol. The molecule has 0 aliphatic carbocycles. The van der Waals surface area contributed by atoms with Crippen LogP contribution >= 0.6 is 0 Å². The topological polar surface area (TPSA) is 552 Å². The molecule has 2 unspecified atom stereocenters. The Morgan fingerprint density at radius 3 is 1.57 bits per heavy atom. The number of carboxylic acids is 1. The lowest BCUT2D eigenvalue weighted by atomic mass is 9.96. The average Bonchev–Trinajstić information content (AvgIpc) is 0.865. The minimum atomic E-state index is -2.45. The number of phenolic OH excluding ortho intramolecular Hbond substituents is 1. The number of carbonyl (C=O) groups excluding carboxylic acids is 11. The molecular formula is C60H103N15O18.